The van der Waals surface area contributed by atoms with E-state index in [-0.39, 0.29) is 31.0 Å². The van der Waals surface area contributed by atoms with E-state index < -0.39 is 6.04 Å². The highest BCUT2D eigenvalue weighted by molar-refractivity contribution is 5.88. The standard InChI is InChI=1S/C24H32N2O4/c1-6-19-10-12-21(13-11-19)30-16-23(27)26(18(4)24(28)25-17(2)3)15-20-8-7-9-22(14-20)29-5/h7-14,17-18H,6,15-16H2,1-5H3,(H,25,28). The third-order valence-electron chi connectivity index (χ3n) is 4.78. The topological polar surface area (TPSA) is 67.9 Å². The molecule has 0 radical (unpaired) electrons. The van der Waals surface area contributed by atoms with Crippen LogP contribution in [-0.2, 0) is 22.6 Å². The smallest absolute Gasteiger partial charge is 0.261 e. The van der Waals surface area contributed by atoms with Crippen molar-refractivity contribution in [2.75, 3.05) is 13.7 Å². The lowest BCUT2D eigenvalue weighted by atomic mass is 10.1. The summed E-state index contributed by atoms with van der Waals surface area (Å²) in [6.07, 6.45) is 0.940. The number of methoxy groups -OCH3 is 1. The molecule has 30 heavy (non-hydrogen) atoms. The number of hydrogen-bond donors (Lipinski definition) is 1. The summed E-state index contributed by atoms with van der Waals surface area (Å²) < 4.78 is 11.0. The Balaban J connectivity index is 2.15. The number of ether oxygens (including phenoxy) is 2. The summed E-state index contributed by atoms with van der Waals surface area (Å²) in [5.41, 5.74) is 2.08. The van der Waals surface area contributed by atoms with Crippen LogP contribution in [0.5, 0.6) is 11.5 Å². The van der Waals surface area contributed by atoms with Crippen molar-refractivity contribution in [3.05, 3.63) is 59.7 Å². The number of carbonyl (C=O) groups excluding carboxylic acids is 2. The quantitative estimate of drug-likeness (QED) is 0.648. The summed E-state index contributed by atoms with van der Waals surface area (Å²) in [7, 11) is 1.60. The molecule has 0 heterocycles. The zero-order chi connectivity index (χ0) is 22.1. The van der Waals surface area contributed by atoms with Crippen LogP contribution in [0.4, 0.5) is 0 Å². The van der Waals surface area contributed by atoms with Crippen molar-refractivity contribution in [2.45, 2.75) is 52.7 Å². The van der Waals surface area contributed by atoms with Gasteiger partial charge < -0.3 is 19.7 Å². The van der Waals surface area contributed by atoms with Gasteiger partial charge in [-0.1, -0.05) is 31.2 Å². The Morgan fingerprint density at radius 1 is 1.00 bits per heavy atom. The minimum atomic E-state index is -0.642. The molecular weight excluding hydrogens is 380 g/mol. The third kappa shape index (κ3) is 6.79. The molecule has 1 unspecified atom stereocenters. The highest BCUT2D eigenvalue weighted by Gasteiger charge is 2.27. The zero-order valence-electron chi connectivity index (χ0n) is 18.5. The first-order valence-corrected chi connectivity index (χ1v) is 10.3. The fourth-order valence-electron chi connectivity index (χ4n) is 3.00. The van der Waals surface area contributed by atoms with E-state index in [9.17, 15) is 9.59 Å². The Morgan fingerprint density at radius 2 is 1.70 bits per heavy atom. The Labute approximate surface area is 179 Å². The predicted molar refractivity (Wildman–Crippen MR) is 118 cm³/mol. The van der Waals surface area contributed by atoms with E-state index >= 15 is 0 Å². The van der Waals surface area contributed by atoms with Crippen LogP contribution < -0.4 is 14.8 Å². The fraction of sp³-hybridized carbons (Fsp3) is 0.417. The molecule has 2 aromatic rings. The van der Waals surface area contributed by atoms with Crippen LogP contribution in [0.25, 0.3) is 0 Å². The van der Waals surface area contributed by atoms with Gasteiger partial charge in [-0.25, -0.2) is 0 Å². The molecule has 2 aromatic carbocycles. The molecule has 0 saturated carbocycles. The maximum absolute atomic E-state index is 13.0. The van der Waals surface area contributed by atoms with Gasteiger partial charge in [0.2, 0.25) is 5.91 Å². The molecule has 2 rings (SSSR count). The van der Waals surface area contributed by atoms with E-state index in [2.05, 4.69) is 12.2 Å². The number of nitrogens with one attached hydrogen (secondary N) is 1. The van der Waals surface area contributed by atoms with Gasteiger partial charge >= 0.3 is 0 Å². The summed E-state index contributed by atoms with van der Waals surface area (Å²) in [5, 5.41) is 2.87. The summed E-state index contributed by atoms with van der Waals surface area (Å²) >= 11 is 0. The molecule has 6 nitrogen and oxygen atoms in total. The number of rotatable bonds is 10. The van der Waals surface area contributed by atoms with Crippen LogP contribution >= 0.6 is 0 Å². The monoisotopic (exact) mass is 412 g/mol. The van der Waals surface area contributed by atoms with E-state index in [1.807, 2.05) is 62.4 Å². The molecule has 0 aliphatic rings. The molecule has 0 saturated heterocycles. The van der Waals surface area contributed by atoms with Gasteiger partial charge in [-0.2, -0.15) is 0 Å². The van der Waals surface area contributed by atoms with Crippen molar-refractivity contribution in [1.82, 2.24) is 10.2 Å². The Bertz CT molecular complexity index is 833. The van der Waals surface area contributed by atoms with Gasteiger partial charge in [0.1, 0.15) is 17.5 Å². The molecule has 1 atom stereocenters. The normalized spacial score (nSPS) is 11.7. The molecule has 162 valence electrons. The minimum absolute atomic E-state index is 0.0120. The Morgan fingerprint density at radius 3 is 2.30 bits per heavy atom. The second kappa shape index (κ2) is 11.2. The van der Waals surface area contributed by atoms with E-state index in [1.165, 1.54) is 10.5 Å². The molecular formula is C24H32N2O4. The van der Waals surface area contributed by atoms with Gasteiger partial charge in [-0.05, 0) is 62.6 Å². The highest BCUT2D eigenvalue weighted by atomic mass is 16.5. The van der Waals surface area contributed by atoms with Crippen molar-refractivity contribution < 1.29 is 19.1 Å². The van der Waals surface area contributed by atoms with E-state index in [0.717, 1.165) is 12.0 Å². The van der Waals surface area contributed by atoms with Crippen LogP contribution in [0.3, 0.4) is 0 Å². The zero-order valence-corrected chi connectivity index (χ0v) is 18.5. The van der Waals surface area contributed by atoms with Gasteiger partial charge in [-0.15, -0.1) is 0 Å². The second-order valence-electron chi connectivity index (χ2n) is 7.50. The van der Waals surface area contributed by atoms with Crippen LogP contribution in [-0.4, -0.2) is 42.5 Å². The van der Waals surface area contributed by atoms with Crippen molar-refractivity contribution in [3.8, 4) is 11.5 Å². The number of hydrogen-bond acceptors (Lipinski definition) is 4. The third-order valence-corrected chi connectivity index (χ3v) is 4.78. The van der Waals surface area contributed by atoms with Crippen LogP contribution in [0.2, 0.25) is 0 Å². The van der Waals surface area contributed by atoms with E-state index in [0.29, 0.717) is 11.5 Å². The first-order chi connectivity index (χ1) is 14.3. The average molecular weight is 413 g/mol. The van der Waals surface area contributed by atoms with Gasteiger partial charge in [0.05, 0.1) is 7.11 Å². The average Bonchev–Trinajstić information content (AvgIpc) is 2.75. The van der Waals surface area contributed by atoms with Gasteiger partial charge in [0.25, 0.3) is 5.91 Å². The largest absolute Gasteiger partial charge is 0.497 e. The lowest BCUT2D eigenvalue weighted by Gasteiger charge is -2.29. The van der Waals surface area contributed by atoms with E-state index in [1.54, 1.807) is 14.0 Å². The van der Waals surface area contributed by atoms with Gasteiger partial charge in [0.15, 0.2) is 6.61 Å². The van der Waals surface area contributed by atoms with Crippen molar-refractivity contribution >= 4 is 11.8 Å². The maximum atomic E-state index is 13.0. The Hall–Kier alpha value is -3.02. The molecule has 0 aliphatic heterocycles. The highest BCUT2D eigenvalue weighted by Crippen LogP contribution is 2.17. The van der Waals surface area contributed by atoms with Crippen molar-refractivity contribution in [2.24, 2.45) is 0 Å². The summed E-state index contributed by atoms with van der Waals surface area (Å²) in [5.74, 6) is 0.866. The number of benzene rings is 2. The molecule has 2 amide bonds. The van der Waals surface area contributed by atoms with E-state index in [4.69, 9.17) is 9.47 Å². The number of amides is 2. The second-order valence-corrected chi connectivity index (χ2v) is 7.50. The number of nitrogens with zero attached hydrogens (tertiary/aromatic N) is 1. The number of carbonyl (C=O) groups is 2. The molecule has 0 aliphatic carbocycles. The molecule has 0 aromatic heterocycles. The molecule has 0 bridgehead atoms. The first-order valence-electron chi connectivity index (χ1n) is 10.3. The summed E-state index contributed by atoms with van der Waals surface area (Å²) in [6.45, 7) is 7.73. The van der Waals surface area contributed by atoms with Gasteiger partial charge in [-0.3, -0.25) is 9.59 Å². The van der Waals surface area contributed by atoms with Gasteiger partial charge in [0, 0.05) is 12.6 Å². The SMILES string of the molecule is CCc1ccc(OCC(=O)N(Cc2cccc(OC)c2)C(C)C(=O)NC(C)C)cc1. The minimum Gasteiger partial charge on any atom is -0.497 e. The lowest BCUT2D eigenvalue weighted by Crippen LogP contribution is -2.50. The number of aryl methyl sites for hydroxylation is 1. The first kappa shape index (κ1) is 23.3. The predicted octanol–water partition coefficient (Wildman–Crippen LogP) is 3.58. The lowest BCUT2D eigenvalue weighted by molar-refractivity contribution is -0.142. The van der Waals surface area contributed by atoms with Crippen LogP contribution in [0.15, 0.2) is 48.5 Å². The maximum Gasteiger partial charge on any atom is 0.261 e. The fourth-order valence-corrected chi connectivity index (χ4v) is 3.00. The van der Waals surface area contributed by atoms with Crippen LogP contribution in [0, 0.1) is 0 Å². The molecule has 1 N–H and O–H groups in total. The molecule has 0 spiro atoms. The Kier molecular flexibility index (Phi) is 8.71. The van der Waals surface area contributed by atoms with Crippen molar-refractivity contribution in [3.63, 3.8) is 0 Å². The molecule has 6 heteroatoms. The van der Waals surface area contributed by atoms with Crippen LogP contribution in [0.1, 0.15) is 38.8 Å². The van der Waals surface area contributed by atoms with Crippen molar-refractivity contribution in [1.29, 1.82) is 0 Å². The molecule has 0 fully saturated rings. The summed E-state index contributed by atoms with van der Waals surface area (Å²) in [4.78, 5) is 27.1. The summed E-state index contributed by atoms with van der Waals surface area (Å²) in [6, 6.07) is 14.5.